The van der Waals surface area contributed by atoms with Gasteiger partial charge in [-0.15, -0.1) is 11.8 Å². The summed E-state index contributed by atoms with van der Waals surface area (Å²) in [5, 5.41) is 3.34. The van der Waals surface area contributed by atoms with Gasteiger partial charge in [-0.2, -0.15) is 0 Å². The maximum absolute atomic E-state index is 13.4. The van der Waals surface area contributed by atoms with Crippen molar-refractivity contribution in [2.45, 2.75) is 30.5 Å². The monoisotopic (exact) mass is 289 g/mol. The SMILES string of the molecule is CCCNCc1cc(F)ccc1SCc1ccccc1. The van der Waals surface area contributed by atoms with Crippen molar-refractivity contribution in [2.24, 2.45) is 0 Å². The zero-order valence-electron chi connectivity index (χ0n) is 11.7. The minimum atomic E-state index is -0.164. The van der Waals surface area contributed by atoms with Crippen molar-refractivity contribution >= 4 is 11.8 Å². The molecule has 0 aliphatic heterocycles. The summed E-state index contributed by atoms with van der Waals surface area (Å²) in [5.74, 6) is 0.745. The maximum Gasteiger partial charge on any atom is 0.123 e. The average Bonchev–Trinajstić information content (AvgIpc) is 2.48. The molecule has 3 heteroatoms. The Kier molecular flexibility index (Phi) is 6.09. The highest BCUT2D eigenvalue weighted by atomic mass is 32.2. The topological polar surface area (TPSA) is 12.0 Å². The van der Waals surface area contributed by atoms with Crippen molar-refractivity contribution < 1.29 is 4.39 Å². The van der Waals surface area contributed by atoms with Gasteiger partial charge in [0, 0.05) is 17.2 Å². The van der Waals surface area contributed by atoms with Crippen molar-refractivity contribution in [3.63, 3.8) is 0 Å². The van der Waals surface area contributed by atoms with Gasteiger partial charge in [0.15, 0.2) is 0 Å². The van der Waals surface area contributed by atoms with Gasteiger partial charge in [0.1, 0.15) is 5.82 Å². The minimum Gasteiger partial charge on any atom is -0.313 e. The number of nitrogens with one attached hydrogen (secondary N) is 1. The summed E-state index contributed by atoms with van der Waals surface area (Å²) >= 11 is 1.76. The summed E-state index contributed by atoms with van der Waals surface area (Å²) in [5.41, 5.74) is 2.33. The summed E-state index contributed by atoms with van der Waals surface area (Å²) in [6, 6.07) is 15.4. The largest absolute Gasteiger partial charge is 0.313 e. The second kappa shape index (κ2) is 8.08. The van der Waals surface area contributed by atoms with Gasteiger partial charge in [0.05, 0.1) is 0 Å². The van der Waals surface area contributed by atoms with Crippen molar-refractivity contribution in [3.05, 3.63) is 65.5 Å². The highest BCUT2D eigenvalue weighted by Gasteiger charge is 2.05. The first-order valence-electron chi connectivity index (χ1n) is 6.95. The van der Waals surface area contributed by atoms with Crippen LogP contribution in [0.2, 0.25) is 0 Å². The molecule has 20 heavy (non-hydrogen) atoms. The van der Waals surface area contributed by atoms with Gasteiger partial charge in [-0.1, -0.05) is 37.3 Å². The second-order valence-corrected chi connectivity index (χ2v) is 5.72. The van der Waals surface area contributed by atoms with Gasteiger partial charge in [-0.25, -0.2) is 4.39 Å². The first-order chi connectivity index (χ1) is 9.79. The fraction of sp³-hybridized carbons (Fsp3) is 0.294. The second-order valence-electron chi connectivity index (χ2n) is 4.70. The number of rotatable bonds is 7. The van der Waals surface area contributed by atoms with E-state index in [4.69, 9.17) is 0 Å². The molecule has 0 atom stereocenters. The molecule has 106 valence electrons. The zero-order valence-corrected chi connectivity index (χ0v) is 12.5. The predicted octanol–water partition coefficient (Wildman–Crippen LogP) is 4.62. The van der Waals surface area contributed by atoms with Gasteiger partial charge < -0.3 is 5.32 Å². The van der Waals surface area contributed by atoms with Gasteiger partial charge in [0.2, 0.25) is 0 Å². The molecule has 0 aliphatic carbocycles. The molecule has 0 unspecified atom stereocenters. The van der Waals surface area contributed by atoms with Crippen LogP contribution in [0.25, 0.3) is 0 Å². The van der Waals surface area contributed by atoms with Crippen LogP contribution in [0.5, 0.6) is 0 Å². The third-order valence-electron chi connectivity index (χ3n) is 3.00. The molecule has 0 saturated heterocycles. The van der Waals surface area contributed by atoms with Crippen molar-refractivity contribution in [1.82, 2.24) is 5.32 Å². The molecule has 0 spiro atoms. The molecule has 2 aromatic carbocycles. The van der Waals surface area contributed by atoms with E-state index in [1.165, 1.54) is 11.6 Å². The lowest BCUT2D eigenvalue weighted by molar-refractivity contribution is 0.615. The zero-order chi connectivity index (χ0) is 14.2. The molecule has 1 N–H and O–H groups in total. The van der Waals surface area contributed by atoms with Gasteiger partial charge in [-0.3, -0.25) is 0 Å². The normalized spacial score (nSPS) is 10.7. The molecule has 1 nitrogen and oxygen atoms in total. The van der Waals surface area contributed by atoms with Gasteiger partial charge in [0.25, 0.3) is 0 Å². The quantitative estimate of drug-likeness (QED) is 0.590. The number of hydrogen-bond donors (Lipinski definition) is 1. The molecule has 2 rings (SSSR count). The molecule has 0 aliphatic rings. The Morgan fingerprint density at radius 3 is 2.65 bits per heavy atom. The van der Waals surface area contributed by atoms with Gasteiger partial charge in [-0.05, 0) is 42.3 Å². The Bertz CT molecular complexity index is 528. The number of halogens is 1. The van der Waals surface area contributed by atoms with Crippen LogP contribution in [0, 0.1) is 5.82 Å². The summed E-state index contributed by atoms with van der Waals surface area (Å²) < 4.78 is 13.4. The number of hydrogen-bond acceptors (Lipinski definition) is 2. The van der Waals surface area contributed by atoms with Crippen molar-refractivity contribution in [2.75, 3.05) is 6.54 Å². The lowest BCUT2D eigenvalue weighted by Crippen LogP contribution is -2.14. The molecule has 0 bridgehead atoms. The van der Waals surface area contributed by atoms with Gasteiger partial charge >= 0.3 is 0 Å². The lowest BCUT2D eigenvalue weighted by atomic mass is 10.2. The highest BCUT2D eigenvalue weighted by Crippen LogP contribution is 2.27. The summed E-state index contributed by atoms with van der Waals surface area (Å²) in [7, 11) is 0. The van der Waals surface area contributed by atoms with E-state index in [1.54, 1.807) is 17.8 Å². The summed E-state index contributed by atoms with van der Waals surface area (Å²) in [6.45, 7) is 3.81. The molecular formula is C17H20FNS. The number of benzene rings is 2. The van der Waals surface area contributed by atoms with E-state index in [2.05, 4.69) is 24.4 Å². The molecule has 0 heterocycles. The van der Waals surface area contributed by atoms with Crippen LogP contribution in [0.3, 0.4) is 0 Å². The Morgan fingerprint density at radius 2 is 1.90 bits per heavy atom. The van der Waals surface area contributed by atoms with E-state index in [1.807, 2.05) is 24.3 Å². The first-order valence-corrected chi connectivity index (χ1v) is 7.94. The van der Waals surface area contributed by atoms with Crippen LogP contribution in [-0.2, 0) is 12.3 Å². The van der Waals surface area contributed by atoms with E-state index in [0.717, 1.165) is 35.7 Å². The summed E-state index contributed by atoms with van der Waals surface area (Å²) in [6.07, 6.45) is 1.09. The molecule has 0 fully saturated rings. The number of thioether (sulfide) groups is 1. The molecule has 0 aromatic heterocycles. The van der Waals surface area contributed by atoms with Crippen LogP contribution in [0.4, 0.5) is 4.39 Å². The lowest BCUT2D eigenvalue weighted by Gasteiger charge is -2.10. The standard InChI is InChI=1S/C17H20FNS/c1-2-10-19-12-15-11-16(18)8-9-17(15)20-13-14-6-4-3-5-7-14/h3-9,11,19H,2,10,12-13H2,1H3. The fourth-order valence-corrected chi connectivity index (χ4v) is 2.96. The van der Waals surface area contributed by atoms with E-state index in [-0.39, 0.29) is 5.82 Å². The predicted molar refractivity (Wildman–Crippen MR) is 84.4 cm³/mol. The Labute approximate surface area is 124 Å². The third-order valence-corrected chi connectivity index (χ3v) is 4.19. The van der Waals surface area contributed by atoms with Crippen LogP contribution < -0.4 is 5.32 Å². The van der Waals surface area contributed by atoms with Crippen LogP contribution in [-0.4, -0.2) is 6.54 Å². The highest BCUT2D eigenvalue weighted by molar-refractivity contribution is 7.98. The molecule has 2 aromatic rings. The van der Waals surface area contributed by atoms with Crippen LogP contribution in [0.1, 0.15) is 24.5 Å². The molecule has 0 saturated carbocycles. The molecule has 0 radical (unpaired) electrons. The first kappa shape index (κ1) is 15.1. The Hall–Kier alpha value is -1.32. The average molecular weight is 289 g/mol. The van der Waals surface area contributed by atoms with Crippen LogP contribution >= 0.6 is 11.8 Å². The fourth-order valence-electron chi connectivity index (χ4n) is 1.96. The maximum atomic E-state index is 13.4. The van der Waals surface area contributed by atoms with Crippen molar-refractivity contribution in [3.8, 4) is 0 Å². The molecular weight excluding hydrogens is 269 g/mol. The van der Waals surface area contributed by atoms with E-state index < -0.39 is 0 Å². The summed E-state index contributed by atoms with van der Waals surface area (Å²) in [4.78, 5) is 1.15. The van der Waals surface area contributed by atoms with E-state index >= 15 is 0 Å². The van der Waals surface area contributed by atoms with E-state index in [0.29, 0.717) is 0 Å². The Balaban J connectivity index is 2.02. The van der Waals surface area contributed by atoms with Crippen molar-refractivity contribution in [1.29, 1.82) is 0 Å². The minimum absolute atomic E-state index is 0.164. The third kappa shape index (κ3) is 4.66. The molecule has 0 amide bonds. The van der Waals surface area contributed by atoms with E-state index in [9.17, 15) is 4.39 Å². The van der Waals surface area contributed by atoms with Crippen LogP contribution in [0.15, 0.2) is 53.4 Å². The Morgan fingerprint density at radius 1 is 1.10 bits per heavy atom. The smallest absolute Gasteiger partial charge is 0.123 e.